The van der Waals surface area contributed by atoms with Crippen molar-refractivity contribution in [1.82, 2.24) is 5.27 Å². The highest BCUT2D eigenvalue weighted by molar-refractivity contribution is 8.00. The Bertz CT molecular complexity index is 893. The monoisotopic (exact) mass is 371 g/mol. The van der Waals surface area contributed by atoms with E-state index in [1.807, 2.05) is 48.5 Å². The predicted molar refractivity (Wildman–Crippen MR) is 92.0 cm³/mol. The summed E-state index contributed by atoms with van der Waals surface area (Å²) < 4.78 is 5.94. The Kier molecular flexibility index (Phi) is 4.14. The van der Waals surface area contributed by atoms with Crippen LogP contribution >= 0.6 is 23.5 Å². The van der Waals surface area contributed by atoms with Gasteiger partial charge in [-0.15, -0.1) is 0 Å². The van der Waals surface area contributed by atoms with Crippen LogP contribution in [-0.4, -0.2) is 16.9 Å². The average molecular weight is 371 g/mol. The highest BCUT2D eigenvalue weighted by Crippen LogP contribution is 2.48. The van der Waals surface area contributed by atoms with Crippen molar-refractivity contribution in [2.24, 2.45) is 7.05 Å². The second kappa shape index (κ2) is 6.45. The first-order valence-corrected chi connectivity index (χ1v) is 9.30. The normalized spacial score (nSPS) is 12.6. The molecule has 0 radical (unpaired) electrons. The molecule has 0 N–H and O–H groups in total. The molecule has 126 valence electrons. The second-order valence-corrected chi connectivity index (χ2v) is 7.39. The minimum atomic E-state index is -0.532. The molecule has 4 rings (SSSR count). The lowest BCUT2D eigenvalue weighted by molar-refractivity contribution is -0.772. The van der Waals surface area contributed by atoms with Crippen LogP contribution in [0.3, 0.4) is 0 Å². The van der Waals surface area contributed by atoms with Gasteiger partial charge in [-0.05, 0) is 36.0 Å². The van der Waals surface area contributed by atoms with Crippen LogP contribution < -0.4 is 14.7 Å². The standard InChI is InChI=1S/C17H13N3O3S2/c1-19-16(17(22)23-18-19)24-10-15(21)20-11-6-2-4-8-13(11)25-14-9-5-3-7-12(14)20/h2-9H,10H2,1H3. The number of rotatable bonds is 3. The third kappa shape index (κ3) is 2.87. The Hall–Kier alpha value is -2.45. The van der Waals surface area contributed by atoms with E-state index in [1.165, 1.54) is 4.68 Å². The van der Waals surface area contributed by atoms with Crippen molar-refractivity contribution in [3.8, 4) is 5.95 Å². The van der Waals surface area contributed by atoms with E-state index in [0.29, 0.717) is 5.03 Å². The van der Waals surface area contributed by atoms with Crippen molar-refractivity contribution in [3.05, 3.63) is 48.5 Å². The van der Waals surface area contributed by atoms with Gasteiger partial charge in [0.2, 0.25) is 5.91 Å². The molecule has 0 saturated heterocycles. The topological polar surface area (TPSA) is 73.3 Å². The minimum Gasteiger partial charge on any atom is -0.538 e. The molecule has 2 heterocycles. The Morgan fingerprint density at radius 1 is 1.20 bits per heavy atom. The van der Waals surface area contributed by atoms with E-state index in [0.717, 1.165) is 32.9 Å². The van der Waals surface area contributed by atoms with Gasteiger partial charge in [0.15, 0.2) is 13.0 Å². The van der Waals surface area contributed by atoms with E-state index in [1.54, 1.807) is 23.7 Å². The van der Waals surface area contributed by atoms with E-state index in [4.69, 9.17) is 0 Å². The molecule has 0 atom stereocenters. The van der Waals surface area contributed by atoms with Gasteiger partial charge in [-0.1, -0.05) is 40.7 Å². The lowest BCUT2D eigenvalue weighted by Gasteiger charge is -2.30. The van der Waals surface area contributed by atoms with Gasteiger partial charge in [-0.3, -0.25) is 9.69 Å². The first kappa shape index (κ1) is 16.0. The summed E-state index contributed by atoms with van der Waals surface area (Å²) in [5, 5.41) is 15.5. The fourth-order valence-corrected chi connectivity index (χ4v) is 4.45. The van der Waals surface area contributed by atoms with Crippen molar-refractivity contribution >= 4 is 40.8 Å². The minimum absolute atomic E-state index is 0.106. The molecule has 8 heteroatoms. The molecule has 0 fully saturated rings. The van der Waals surface area contributed by atoms with Gasteiger partial charge in [-0.25, -0.2) is 0 Å². The van der Waals surface area contributed by atoms with Crippen molar-refractivity contribution in [3.63, 3.8) is 0 Å². The van der Waals surface area contributed by atoms with Crippen LogP contribution in [0.1, 0.15) is 0 Å². The fourth-order valence-electron chi connectivity index (χ4n) is 2.63. The Morgan fingerprint density at radius 2 is 1.80 bits per heavy atom. The smallest absolute Gasteiger partial charge is 0.291 e. The average Bonchev–Trinajstić information content (AvgIpc) is 2.95. The van der Waals surface area contributed by atoms with Crippen molar-refractivity contribution in [2.75, 3.05) is 10.7 Å². The number of anilines is 2. The van der Waals surface area contributed by atoms with Crippen LogP contribution in [0.2, 0.25) is 0 Å². The van der Waals surface area contributed by atoms with Crippen molar-refractivity contribution in [2.45, 2.75) is 14.8 Å². The first-order valence-electron chi connectivity index (χ1n) is 7.50. The molecule has 25 heavy (non-hydrogen) atoms. The number of benzene rings is 2. The summed E-state index contributed by atoms with van der Waals surface area (Å²) in [6.07, 6.45) is 0. The number of hydrogen-bond donors (Lipinski definition) is 0. The SMILES string of the molecule is C[n+]1noc([O-])c1SCC(=O)N1c2ccccc2Sc2ccccc21. The van der Waals surface area contributed by atoms with Gasteiger partial charge >= 0.3 is 0 Å². The van der Waals surface area contributed by atoms with Gasteiger partial charge < -0.3 is 9.63 Å². The van der Waals surface area contributed by atoms with Crippen molar-refractivity contribution < 1.29 is 19.1 Å². The zero-order valence-electron chi connectivity index (χ0n) is 13.2. The molecular weight excluding hydrogens is 358 g/mol. The summed E-state index contributed by atoms with van der Waals surface area (Å²) >= 11 is 2.77. The molecule has 6 nitrogen and oxygen atoms in total. The van der Waals surface area contributed by atoms with Crippen LogP contribution in [0.15, 0.2) is 67.9 Å². The van der Waals surface area contributed by atoms with E-state index in [2.05, 4.69) is 9.79 Å². The number of aromatic nitrogens is 2. The third-order valence-electron chi connectivity index (χ3n) is 3.73. The highest BCUT2D eigenvalue weighted by atomic mass is 32.2. The number of carbonyl (C=O) groups is 1. The fraction of sp³-hybridized carbons (Fsp3) is 0.118. The van der Waals surface area contributed by atoms with Crippen LogP contribution in [0.5, 0.6) is 5.95 Å². The van der Waals surface area contributed by atoms with E-state index in [9.17, 15) is 9.90 Å². The summed E-state index contributed by atoms with van der Waals surface area (Å²) in [6.45, 7) is 0. The van der Waals surface area contributed by atoms with Gasteiger partial charge in [-0.2, -0.15) is 0 Å². The molecule has 2 aromatic carbocycles. The number of para-hydroxylation sites is 2. The molecule has 1 aliphatic rings. The number of amides is 1. The lowest BCUT2D eigenvalue weighted by Crippen LogP contribution is -2.34. The van der Waals surface area contributed by atoms with Crippen molar-refractivity contribution in [1.29, 1.82) is 0 Å². The zero-order valence-corrected chi connectivity index (χ0v) is 14.8. The van der Waals surface area contributed by atoms with Gasteiger partial charge in [0.25, 0.3) is 5.03 Å². The highest BCUT2D eigenvalue weighted by Gasteiger charge is 2.28. The quantitative estimate of drug-likeness (QED) is 0.520. The Morgan fingerprint density at radius 3 is 2.36 bits per heavy atom. The number of hydrogen-bond acceptors (Lipinski definition) is 6. The molecule has 1 aliphatic heterocycles. The van der Waals surface area contributed by atoms with Gasteiger partial charge in [0, 0.05) is 9.79 Å². The number of fused-ring (bicyclic) bond motifs is 2. The molecule has 1 amide bonds. The van der Waals surface area contributed by atoms with Crippen LogP contribution in [0, 0.1) is 0 Å². The summed E-state index contributed by atoms with van der Waals surface area (Å²) in [5.41, 5.74) is 1.71. The second-order valence-electron chi connectivity index (χ2n) is 5.34. The molecule has 3 aromatic rings. The van der Waals surface area contributed by atoms with E-state index in [-0.39, 0.29) is 11.7 Å². The molecule has 0 saturated carbocycles. The van der Waals surface area contributed by atoms with E-state index >= 15 is 0 Å². The van der Waals surface area contributed by atoms with Crippen LogP contribution in [0.4, 0.5) is 11.4 Å². The molecule has 0 unspecified atom stereocenters. The summed E-state index contributed by atoms with van der Waals surface area (Å²) in [6, 6.07) is 15.6. The zero-order chi connectivity index (χ0) is 17.4. The molecule has 1 aromatic heterocycles. The van der Waals surface area contributed by atoms with E-state index < -0.39 is 5.95 Å². The Balaban J connectivity index is 1.66. The maximum absolute atomic E-state index is 13.0. The molecular formula is C17H13N3O3S2. The van der Waals surface area contributed by atoms with Gasteiger partial charge in [0.05, 0.1) is 22.4 Å². The predicted octanol–water partition coefficient (Wildman–Crippen LogP) is 2.49. The maximum atomic E-state index is 13.0. The molecule has 0 aliphatic carbocycles. The van der Waals surface area contributed by atoms with Gasteiger partial charge in [0.1, 0.15) is 0 Å². The summed E-state index contributed by atoms with van der Waals surface area (Å²) in [4.78, 5) is 16.7. The largest absolute Gasteiger partial charge is 0.538 e. The Labute approximate surface area is 152 Å². The first-order chi connectivity index (χ1) is 12.1. The third-order valence-corrected chi connectivity index (χ3v) is 5.95. The summed E-state index contributed by atoms with van der Waals surface area (Å²) in [5.74, 6) is -0.529. The van der Waals surface area contributed by atoms with Crippen LogP contribution in [0.25, 0.3) is 0 Å². The number of aryl methyl sites for hydroxylation is 1. The number of carbonyl (C=O) groups excluding carboxylic acids is 1. The number of thioether (sulfide) groups is 1. The van der Waals surface area contributed by atoms with Crippen LogP contribution in [-0.2, 0) is 11.8 Å². The summed E-state index contributed by atoms with van der Waals surface area (Å²) in [7, 11) is 1.61. The molecule has 0 bridgehead atoms. The lowest BCUT2D eigenvalue weighted by atomic mass is 10.2. The number of nitrogens with zero attached hydrogens (tertiary/aromatic N) is 3. The molecule has 0 spiro atoms. The maximum Gasteiger partial charge on any atom is 0.291 e.